The number of carbonyl (C=O) groups is 1. The first-order valence-corrected chi connectivity index (χ1v) is 6.28. The molecule has 1 aliphatic carbocycles. The van der Waals surface area contributed by atoms with Crippen LogP contribution in [0.2, 0.25) is 0 Å². The van der Waals surface area contributed by atoms with Gasteiger partial charge in [-0.1, -0.05) is 25.5 Å². The van der Waals surface area contributed by atoms with Crippen LogP contribution >= 0.6 is 0 Å². The fraction of sp³-hybridized carbons (Fsp3) is 0.500. The molecule has 0 heterocycles. The maximum absolute atomic E-state index is 12.0. The number of nitrogens with zero attached hydrogens (tertiary/aromatic N) is 1. The van der Waals surface area contributed by atoms with Crippen LogP contribution < -0.4 is 0 Å². The first-order valence-electron chi connectivity index (χ1n) is 6.28. The number of hydrogen-bond donors (Lipinski definition) is 0. The molecule has 2 rings (SSSR count). The van der Waals surface area contributed by atoms with E-state index in [0.29, 0.717) is 18.6 Å². The zero-order valence-electron chi connectivity index (χ0n) is 10.5. The van der Waals surface area contributed by atoms with Gasteiger partial charge in [-0.25, -0.2) is 0 Å². The molecule has 96 valence electrons. The summed E-state index contributed by atoms with van der Waals surface area (Å²) in [5, 5.41) is 10.6. The number of benzene rings is 1. The van der Waals surface area contributed by atoms with Gasteiger partial charge in [0.15, 0.2) is 0 Å². The van der Waals surface area contributed by atoms with Crippen molar-refractivity contribution in [1.82, 2.24) is 0 Å². The predicted octanol–water partition coefficient (Wildman–Crippen LogP) is 3.29. The SMILES string of the molecule is CC1(Cc2ccc([N+](=O)[O-])cc2)CCCCC1=O. The number of non-ortho nitro benzene ring substituents is 1. The van der Waals surface area contributed by atoms with Crippen LogP contribution in [0.1, 0.15) is 38.2 Å². The third-order valence-corrected chi connectivity index (χ3v) is 3.80. The molecule has 0 bridgehead atoms. The van der Waals surface area contributed by atoms with Crippen LogP contribution in [0, 0.1) is 15.5 Å². The average Bonchev–Trinajstić information content (AvgIpc) is 2.34. The minimum absolute atomic E-state index is 0.0962. The zero-order chi connectivity index (χ0) is 13.2. The number of rotatable bonds is 3. The molecule has 1 aliphatic rings. The molecule has 1 aromatic carbocycles. The predicted molar refractivity (Wildman–Crippen MR) is 68.4 cm³/mol. The second-order valence-electron chi connectivity index (χ2n) is 5.29. The number of Topliss-reactive ketones (excluding diaryl/α,β-unsaturated/α-hetero) is 1. The van der Waals surface area contributed by atoms with E-state index < -0.39 is 4.92 Å². The highest BCUT2D eigenvalue weighted by Crippen LogP contribution is 2.36. The third-order valence-electron chi connectivity index (χ3n) is 3.80. The summed E-state index contributed by atoms with van der Waals surface area (Å²) in [5.41, 5.74) is 0.811. The quantitative estimate of drug-likeness (QED) is 0.608. The highest BCUT2D eigenvalue weighted by molar-refractivity contribution is 5.85. The first kappa shape index (κ1) is 12.7. The number of hydrogen-bond acceptors (Lipinski definition) is 3. The van der Waals surface area contributed by atoms with Gasteiger partial charge in [-0.05, 0) is 24.8 Å². The van der Waals surface area contributed by atoms with Crippen LogP contribution in [0.25, 0.3) is 0 Å². The molecule has 1 atom stereocenters. The summed E-state index contributed by atoms with van der Waals surface area (Å²) in [6, 6.07) is 6.52. The van der Waals surface area contributed by atoms with Crippen molar-refractivity contribution in [3.8, 4) is 0 Å². The van der Waals surface area contributed by atoms with Gasteiger partial charge in [0.25, 0.3) is 5.69 Å². The monoisotopic (exact) mass is 247 g/mol. The van der Waals surface area contributed by atoms with E-state index in [-0.39, 0.29) is 11.1 Å². The molecule has 1 saturated carbocycles. The van der Waals surface area contributed by atoms with E-state index in [4.69, 9.17) is 0 Å². The highest BCUT2D eigenvalue weighted by Gasteiger charge is 2.34. The number of nitro benzene ring substituents is 1. The summed E-state index contributed by atoms with van der Waals surface area (Å²) >= 11 is 0. The molecular formula is C14H17NO3. The summed E-state index contributed by atoms with van der Waals surface area (Å²) < 4.78 is 0. The number of carbonyl (C=O) groups excluding carboxylic acids is 1. The van der Waals surface area contributed by atoms with Gasteiger partial charge < -0.3 is 0 Å². The van der Waals surface area contributed by atoms with E-state index in [2.05, 4.69) is 0 Å². The smallest absolute Gasteiger partial charge is 0.269 e. The van der Waals surface area contributed by atoms with Crippen LogP contribution in [0.3, 0.4) is 0 Å². The molecule has 0 aliphatic heterocycles. The lowest BCUT2D eigenvalue weighted by atomic mass is 9.71. The van der Waals surface area contributed by atoms with Crippen LogP contribution in [0.15, 0.2) is 24.3 Å². The molecule has 1 aromatic rings. The van der Waals surface area contributed by atoms with Gasteiger partial charge in [-0.15, -0.1) is 0 Å². The summed E-state index contributed by atoms with van der Waals surface area (Å²) in [6.07, 6.45) is 4.36. The summed E-state index contributed by atoms with van der Waals surface area (Å²) in [6.45, 7) is 2.01. The van der Waals surface area contributed by atoms with E-state index in [9.17, 15) is 14.9 Å². The lowest BCUT2D eigenvalue weighted by Gasteiger charge is -2.32. The Morgan fingerprint density at radius 1 is 1.28 bits per heavy atom. The van der Waals surface area contributed by atoms with Crippen molar-refractivity contribution in [1.29, 1.82) is 0 Å². The molecular weight excluding hydrogens is 230 g/mol. The van der Waals surface area contributed by atoms with Crippen LogP contribution in [0.5, 0.6) is 0 Å². The van der Waals surface area contributed by atoms with Crippen molar-refractivity contribution >= 4 is 11.5 Å². The molecule has 4 heteroatoms. The molecule has 0 N–H and O–H groups in total. The molecule has 0 saturated heterocycles. The number of ketones is 1. The molecule has 4 nitrogen and oxygen atoms in total. The fourth-order valence-corrected chi connectivity index (χ4v) is 2.61. The standard InChI is InChI=1S/C14H17NO3/c1-14(9-3-2-4-13(14)16)10-11-5-7-12(8-6-11)15(17)18/h5-8H,2-4,9-10H2,1H3. The van der Waals surface area contributed by atoms with Crippen molar-refractivity contribution in [2.24, 2.45) is 5.41 Å². The summed E-state index contributed by atoms with van der Waals surface area (Å²) in [4.78, 5) is 22.2. The summed E-state index contributed by atoms with van der Waals surface area (Å²) in [7, 11) is 0. The van der Waals surface area contributed by atoms with E-state index in [0.717, 1.165) is 24.8 Å². The van der Waals surface area contributed by atoms with Gasteiger partial charge >= 0.3 is 0 Å². The third kappa shape index (κ3) is 2.58. The van der Waals surface area contributed by atoms with Crippen molar-refractivity contribution in [2.45, 2.75) is 39.0 Å². The first-order chi connectivity index (χ1) is 8.51. The normalized spacial score (nSPS) is 23.9. The molecule has 0 amide bonds. The Balaban J connectivity index is 2.13. The largest absolute Gasteiger partial charge is 0.299 e. The van der Waals surface area contributed by atoms with Gasteiger partial charge in [0, 0.05) is 24.0 Å². The van der Waals surface area contributed by atoms with E-state index in [1.165, 1.54) is 12.1 Å². The van der Waals surface area contributed by atoms with Gasteiger partial charge in [0.05, 0.1) is 4.92 Å². The maximum atomic E-state index is 12.0. The molecule has 0 radical (unpaired) electrons. The van der Waals surface area contributed by atoms with Crippen molar-refractivity contribution in [3.63, 3.8) is 0 Å². The Hall–Kier alpha value is -1.71. The van der Waals surface area contributed by atoms with Gasteiger partial charge in [-0.3, -0.25) is 14.9 Å². The van der Waals surface area contributed by atoms with E-state index in [1.54, 1.807) is 12.1 Å². The minimum Gasteiger partial charge on any atom is -0.299 e. The lowest BCUT2D eigenvalue weighted by molar-refractivity contribution is -0.384. The highest BCUT2D eigenvalue weighted by atomic mass is 16.6. The Morgan fingerprint density at radius 2 is 1.94 bits per heavy atom. The van der Waals surface area contributed by atoms with Gasteiger partial charge in [0.2, 0.25) is 0 Å². The van der Waals surface area contributed by atoms with E-state index in [1.807, 2.05) is 6.92 Å². The molecule has 0 aromatic heterocycles. The molecule has 18 heavy (non-hydrogen) atoms. The van der Waals surface area contributed by atoms with Crippen molar-refractivity contribution in [2.75, 3.05) is 0 Å². The van der Waals surface area contributed by atoms with Gasteiger partial charge in [0.1, 0.15) is 5.78 Å². The van der Waals surface area contributed by atoms with Crippen molar-refractivity contribution in [3.05, 3.63) is 39.9 Å². The Bertz CT molecular complexity index is 466. The van der Waals surface area contributed by atoms with Crippen LogP contribution in [-0.4, -0.2) is 10.7 Å². The fourth-order valence-electron chi connectivity index (χ4n) is 2.61. The topological polar surface area (TPSA) is 60.2 Å². The zero-order valence-corrected chi connectivity index (χ0v) is 10.5. The molecule has 0 spiro atoms. The van der Waals surface area contributed by atoms with Crippen molar-refractivity contribution < 1.29 is 9.72 Å². The van der Waals surface area contributed by atoms with Gasteiger partial charge in [-0.2, -0.15) is 0 Å². The molecule has 1 fully saturated rings. The van der Waals surface area contributed by atoms with Crippen LogP contribution in [0.4, 0.5) is 5.69 Å². The average molecular weight is 247 g/mol. The Morgan fingerprint density at radius 3 is 2.50 bits per heavy atom. The minimum atomic E-state index is -0.406. The molecule has 1 unspecified atom stereocenters. The van der Waals surface area contributed by atoms with Crippen LogP contribution in [-0.2, 0) is 11.2 Å². The second-order valence-corrected chi connectivity index (χ2v) is 5.29. The summed E-state index contributed by atoms with van der Waals surface area (Å²) in [5.74, 6) is 0.326. The maximum Gasteiger partial charge on any atom is 0.269 e. The van der Waals surface area contributed by atoms with E-state index >= 15 is 0 Å². The Kier molecular flexibility index (Phi) is 3.45. The number of nitro groups is 1. The second kappa shape index (κ2) is 4.88. The Labute approximate surface area is 106 Å². The lowest BCUT2D eigenvalue weighted by Crippen LogP contribution is -2.33.